The molecule has 0 atom stereocenters. The first-order chi connectivity index (χ1) is 14.1. The maximum absolute atomic E-state index is 12.0. The molecule has 0 saturated carbocycles. The van der Waals surface area contributed by atoms with E-state index in [1.165, 1.54) is 38.0 Å². The number of carbonyl (C=O) groups excluding carboxylic acids is 3. The van der Waals surface area contributed by atoms with Crippen LogP contribution in [0.3, 0.4) is 0 Å². The van der Waals surface area contributed by atoms with Gasteiger partial charge in [0.25, 0.3) is 11.8 Å². The molecule has 1 fully saturated rings. The second-order valence-electron chi connectivity index (χ2n) is 6.82. The number of hydrogen-bond acceptors (Lipinski definition) is 6. The quantitative estimate of drug-likeness (QED) is 0.694. The Kier molecular flexibility index (Phi) is 7.27. The summed E-state index contributed by atoms with van der Waals surface area (Å²) in [4.78, 5) is 37.7. The van der Waals surface area contributed by atoms with E-state index in [-0.39, 0.29) is 12.3 Å². The molecule has 1 aromatic carbocycles. The molecule has 0 aliphatic carbocycles. The molecule has 2 amide bonds. The third-order valence-corrected chi connectivity index (χ3v) is 4.62. The number of hydrogen-bond donors (Lipinski definition) is 2. The molecule has 8 heteroatoms. The van der Waals surface area contributed by atoms with Crippen molar-refractivity contribution in [3.8, 4) is 0 Å². The highest BCUT2D eigenvalue weighted by Crippen LogP contribution is 2.21. The molecule has 0 radical (unpaired) electrons. The monoisotopic (exact) mass is 399 g/mol. The van der Waals surface area contributed by atoms with Crippen LogP contribution in [0.15, 0.2) is 47.1 Å². The highest BCUT2D eigenvalue weighted by atomic mass is 16.5. The second kappa shape index (κ2) is 10.3. The standard InChI is InChI=1S/C21H25N3O5/c25-19(15-29-20(26)14-22-21(27)18-6-5-13-28-18)23-16-7-9-17(10-8-16)24-11-3-1-2-4-12-24/h5-10,13H,1-4,11-12,14-15H2,(H,22,27)(H,23,25). The number of nitrogens with one attached hydrogen (secondary N) is 2. The molecular weight excluding hydrogens is 374 g/mol. The van der Waals surface area contributed by atoms with Crippen LogP contribution in [0.2, 0.25) is 0 Å². The predicted octanol–water partition coefficient (Wildman–Crippen LogP) is 2.57. The minimum atomic E-state index is -0.712. The summed E-state index contributed by atoms with van der Waals surface area (Å²) in [5.74, 6) is -1.59. The minimum absolute atomic E-state index is 0.0965. The summed E-state index contributed by atoms with van der Waals surface area (Å²) < 4.78 is 9.79. The topological polar surface area (TPSA) is 101 Å². The molecule has 1 saturated heterocycles. The van der Waals surface area contributed by atoms with E-state index < -0.39 is 24.4 Å². The van der Waals surface area contributed by atoms with Gasteiger partial charge in [0.2, 0.25) is 0 Å². The molecule has 2 heterocycles. The van der Waals surface area contributed by atoms with E-state index in [1.807, 2.05) is 24.3 Å². The zero-order chi connectivity index (χ0) is 20.5. The van der Waals surface area contributed by atoms with E-state index in [1.54, 1.807) is 6.07 Å². The lowest BCUT2D eigenvalue weighted by Gasteiger charge is -2.22. The van der Waals surface area contributed by atoms with Crippen molar-refractivity contribution >= 4 is 29.2 Å². The van der Waals surface area contributed by atoms with Crippen molar-refractivity contribution in [3.63, 3.8) is 0 Å². The summed E-state index contributed by atoms with van der Waals surface area (Å²) in [5.41, 5.74) is 1.78. The SMILES string of the molecule is O=C(COC(=O)CNC(=O)c1ccco1)Nc1ccc(N2CCCCCC2)cc1. The van der Waals surface area contributed by atoms with Crippen molar-refractivity contribution in [2.45, 2.75) is 25.7 Å². The summed E-state index contributed by atoms with van der Waals surface area (Å²) in [6.07, 6.45) is 6.31. The molecule has 1 aliphatic heterocycles. The molecule has 0 spiro atoms. The molecule has 2 aromatic rings. The van der Waals surface area contributed by atoms with Gasteiger partial charge < -0.3 is 24.7 Å². The molecule has 0 unspecified atom stereocenters. The van der Waals surface area contributed by atoms with Crippen LogP contribution in [0.1, 0.15) is 36.2 Å². The van der Waals surface area contributed by atoms with Gasteiger partial charge in [0, 0.05) is 24.5 Å². The first-order valence-electron chi connectivity index (χ1n) is 9.74. The Labute approximate surface area is 169 Å². The average molecular weight is 399 g/mol. The smallest absolute Gasteiger partial charge is 0.325 e. The number of esters is 1. The zero-order valence-corrected chi connectivity index (χ0v) is 16.2. The number of benzene rings is 1. The van der Waals surface area contributed by atoms with Crippen molar-refractivity contribution in [2.24, 2.45) is 0 Å². The largest absolute Gasteiger partial charge is 0.459 e. The number of carbonyl (C=O) groups is 3. The van der Waals surface area contributed by atoms with Gasteiger partial charge in [-0.1, -0.05) is 12.8 Å². The number of nitrogens with zero attached hydrogens (tertiary/aromatic N) is 1. The van der Waals surface area contributed by atoms with E-state index >= 15 is 0 Å². The van der Waals surface area contributed by atoms with Gasteiger partial charge >= 0.3 is 5.97 Å². The molecule has 8 nitrogen and oxygen atoms in total. The molecule has 2 N–H and O–H groups in total. The van der Waals surface area contributed by atoms with Gasteiger partial charge in [0.15, 0.2) is 12.4 Å². The first kappa shape index (κ1) is 20.4. The summed E-state index contributed by atoms with van der Waals surface area (Å²) in [5, 5.41) is 5.05. The van der Waals surface area contributed by atoms with Gasteiger partial charge in [0.1, 0.15) is 6.54 Å². The third-order valence-electron chi connectivity index (χ3n) is 4.62. The zero-order valence-electron chi connectivity index (χ0n) is 16.2. The summed E-state index contributed by atoms with van der Waals surface area (Å²) in [6.45, 7) is 1.33. The van der Waals surface area contributed by atoms with Crippen LogP contribution in [-0.4, -0.2) is 44.0 Å². The van der Waals surface area contributed by atoms with Crippen molar-refractivity contribution in [2.75, 3.05) is 36.5 Å². The fraction of sp³-hybridized carbons (Fsp3) is 0.381. The lowest BCUT2D eigenvalue weighted by Crippen LogP contribution is -2.32. The number of rotatable bonds is 7. The number of anilines is 2. The van der Waals surface area contributed by atoms with Crippen molar-refractivity contribution in [3.05, 3.63) is 48.4 Å². The van der Waals surface area contributed by atoms with Gasteiger partial charge in [-0.15, -0.1) is 0 Å². The Bertz CT molecular complexity index is 809. The Hall–Kier alpha value is -3.29. The average Bonchev–Trinajstić information content (AvgIpc) is 3.14. The van der Waals surface area contributed by atoms with E-state index in [2.05, 4.69) is 15.5 Å². The van der Waals surface area contributed by atoms with Crippen molar-refractivity contribution in [1.29, 1.82) is 0 Å². The van der Waals surface area contributed by atoms with Gasteiger partial charge in [0.05, 0.1) is 6.26 Å². The maximum Gasteiger partial charge on any atom is 0.325 e. The summed E-state index contributed by atoms with van der Waals surface area (Å²) >= 11 is 0. The molecule has 1 aromatic heterocycles. The van der Waals surface area contributed by atoms with Gasteiger partial charge in [-0.05, 0) is 49.2 Å². The van der Waals surface area contributed by atoms with E-state index in [0.717, 1.165) is 18.8 Å². The summed E-state index contributed by atoms with van der Waals surface area (Å²) in [7, 11) is 0. The van der Waals surface area contributed by atoms with E-state index in [9.17, 15) is 14.4 Å². The third kappa shape index (κ3) is 6.38. The van der Waals surface area contributed by atoms with Crippen LogP contribution in [0.4, 0.5) is 11.4 Å². The van der Waals surface area contributed by atoms with Crippen molar-refractivity contribution < 1.29 is 23.5 Å². The Morgan fingerprint density at radius 2 is 1.72 bits per heavy atom. The Balaban J connectivity index is 1.38. The molecule has 1 aliphatic rings. The van der Waals surface area contributed by atoms with Crippen molar-refractivity contribution in [1.82, 2.24) is 5.32 Å². The summed E-state index contributed by atoms with van der Waals surface area (Å²) in [6, 6.07) is 10.7. The van der Waals surface area contributed by atoms with Crippen LogP contribution in [0.5, 0.6) is 0 Å². The predicted molar refractivity (Wildman–Crippen MR) is 108 cm³/mol. The highest BCUT2D eigenvalue weighted by molar-refractivity contribution is 5.95. The van der Waals surface area contributed by atoms with Crippen LogP contribution in [-0.2, 0) is 14.3 Å². The minimum Gasteiger partial charge on any atom is -0.459 e. The van der Waals surface area contributed by atoms with Crippen LogP contribution in [0, 0.1) is 0 Å². The number of amides is 2. The van der Waals surface area contributed by atoms with Gasteiger partial charge in [-0.25, -0.2) is 0 Å². The fourth-order valence-electron chi connectivity index (χ4n) is 3.13. The molecule has 0 bridgehead atoms. The number of furan rings is 1. The van der Waals surface area contributed by atoms with Gasteiger partial charge in [-0.3, -0.25) is 14.4 Å². The Morgan fingerprint density at radius 1 is 1.00 bits per heavy atom. The van der Waals surface area contributed by atoms with E-state index in [0.29, 0.717) is 5.69 Å². The number of ether oxygens (including phenoxy) is 1. The Morgan fingerprint density at radius 3 is 2.38 bits per heavy atom. The second-order valence-corrected chi connectivity index (χ2v) is 6.82. The normalized spacial score (nSPS) is 14.0. The molecule has 154 valence electrons. The highest BCUT2D eigenvalue weighted by Gasteiger charge is 2.13. The first-order valence-corrected chi connectivity index (χ1v) is 9.74. The van der Waals surface area contributed by atoms with Crippen LogP contribution >= 0.6 is 0 Å². The van der Waals surface area contributed by atoms with Crippen LogP contribution in [0.25, 0.3) is 0 Å². The lowest BCUT2D eigenvalue weighted by molar-refractivity contribution is -0.146. The lowest BCUT2D eigenvalue weighted by atomic mass is 10.2. The van der Waals surface area contributed by atoms with E-state index in [4.69, 9.17) is 9.15 Å². The fourth-order valence-corrected chi connectivity index (χ4v) is 3.13. The van der Waals surface area contributed by atoms with Crippen LogP contribution < -0.4 is 15.5 Å². The maximum atomic E-state index is 12.0. The molecular formula is C21H25N3O5. The molecule has 29 heavy (non-hydrogen) atoms. The van der Waals surface area contributed by atoms with Gasteiger partial charge in [-0.2, -0.15) is 0 Å². The molecule has 3 rings (SSSR count).